The molecule has 3 fully saturated rings. The molecule has 4 aliphatic rings. The number of fused-ring (bicyclic) bond motifs is 5. The van der Waals surface area contributed by atoms with E-state index >= 15 is 0 Å². The average Bonchev–Trinajstić information content (AvgIpc) is 3.15. The lowest BCUT2D eigenvalue weighted by Gasteiger charge is -2.58. The zero-order valence-corrected chi connectivity index (χ0v) is 23.3. The molecule has 1 N–H and O–H groups in total. The summed E-state index contributed by atoms with van der Waals surface area (Å²) in [4.78, 5) is 10.9. The largest absolute Gasteiger partial charge is 0.495 e. The normalized spacial score (nSPS) is 39.3. The molecular formula is C32H52O3. The number of carboxylic acid groups (broad SMARTS) is 1. The molecule has 0 aromatic heterocycles. The van der Waals surface area contributed by atoms with Crippen molar-refractivity contribution in [2.75, 3.05) is 0 Å². The zero-order valence-electron chi connectivity index (χ0n) is 23.3. The maximum atomic E-state index is 10.9. The zero-order chi connectivity index (χ0) is 25.4. The van der Waals surface area contributed by atoms with Gasteiger partial charge in [0.15, 0.2) is 0 Å². The topological polar surface area (TPSA) is 46.5 Å². The monoisotopic (exact) mass is 484 g/mol. The van der Waals surface area contributed by atoms with Crippen LogP contribution in [0.5, 0.6) is 0 Å². The van der Waals surface area contributed by atoms with Gasteiger partial charge >= 0.3 is 5.97 Å². The molecule has 0 saturated heterocycles. The predicted octanol–water partition coefficient (Wildman–Crippen LogP) is 8.79. The van der Waals surface area contributed by atoms with Crippen LogP contribution in [0.4, 0.5) is 0 Å². The van der Waals surface area contributed by atoms with Gasteiger partial charge in [-0.1, -0.05) is 72.1 Å². The molecule has 0 radical (unpaired) electrons. The number of hydrogen-bond acceptors (Lipinski definition) is 2. The van der Waals surface area contributed by atoms with Gasteiger partial charge in [-0.2, -0.15) is 0 Å². The van der Waals surface area contributed by atoms with Gasteiger partial charge < -0.3 is 9.84 Å². The third kappa shape index (κ3) is 5.40. The van der Waals surface area contributed by atoms with Gasteiger partial charge in [0, 0.05) is 12.8 Å². The van der Waals surface area contributed by atoms with Crippen LogP contribution in [0.2, 0.25) is 0 Å². The molecule has 8 atom stereocenters. The molecule has 0 bridgehead atoms. The number of allylic oxidation sites excluding steroid dienone is 2. The Balaban J connectivity index is 1.40. The van der Waals surface area contributed by atoms with Gasteiger partial charge in [0.25, 0.3) is 0 Å². The van der Waals surface area contributed by atoms with Crippen LogP contribution in [0.3, 0.4) is 0 Å². The maximum absolute atomic E-state index is 10.9. The Bertz CT molecular complexity index is 812. The Kier molecular flexibility index (Phi) is 8.13. The smallest absolute Gasteiger partial charge is 0.303 e. The van der Waals surface area contributed by atoms with E-state index in [1.807, 2.05) is 0 Å². The van der Waals surface area contributed by atoms with E-state index in [0.29, 0.717) is 23.0 Å². The van der Waals surface area contributed by atoms with Crippen LogP contribution in [0.1, 0.15) is 118 Å². The molecule has 4 rings (SSSR count). The van der Waals surface area contributed by atoms with E-state index in [2.05, 4.69) is 47.3 Å². The van der Waals surface area contributed by atoms with E-state index in [0.717, 1.165) is 48.3 Å². The van der Waals surface area contributed by atoms with Crippen molar-refractivity contribution in [3.05, 3.63) is 24.0 Å². The third-order valence-corrected chi connectivity index (χ3v) is 11.2. The van der Waals surface area contributed by atoms with Crippen molar-refractivity contribution in [3.8, 4) is 0 Å². The Morgan fingerprint density at radius 1 is 1.09 bits per heavy atom. The van der Waals surface area contributed by atoms with E-state index in [-0.39, 0.29) is 12.5 Å². The van der Waals surface area contributed by atoms with Crippen molar-refractivity contribution >= 4 is 5.97 Å². The molecule has 4 aliphatic carbocycles. The summed E-state index contributed by atoms with van der Waals surface area (Å²) in [5, 5.41) is 8.95. The van der Waals surface area contributed by atoms with Crippen LogP contribution in [0.25, 0.3) is 0 Å². The summed E-state index contributed by atoms with van der Waals surface area (Å²) in [7, 11) is 0. The molecule has 0 aromatic carbocycles. The molecule has 0 spiro atoms. The molecule has 0 aliphatic heterocycles. The molecule has 198 valence electrons. The molecule has 3 nitrogen and oxygen atoms in total. The highest BCUT2D eigenvalue weighted by Crippen LogP contribution is 2.67. The van der Waals surface area contributed by atoms with Crippen LogP contribution < -0.4 is 0 Å². The molecule has 0 aromatic rings. The number of carboxylic acids is 1. The molecule has 0 heterocycles. The summed E-state index contributed by atoms with van der Waals surface area (Å²) in [6, 6.07) is 0. The molecule has 35 heavy (non-hydrogen) atoms. The Morgan fingerprint density at radius 3 is 2.57 bits per heavy atom. The van der Waals surface area contributed by atoms with Crippen LogP contribution in [-0.2, 0) is 9.53 Å². The van der Waals surface area contributed by atoms with Gasteiger partial charge in [-0.05, 0) is 91.3 Å². The number of hydrogen-bond donors (Lipinski definition) is 1. The van der Waals surface area contributed by atoms with Gasteiger partial charge in [-0.3, -0.25) is 4.79 Å². The van der Waals surface area contributed by atoms with Crippen LogP contribution in [0.15, 0.2) is 24.0 Å². The standard InChI is InChI=1S/C32H52O3/c1-21(2)8-7-9-22(3)27-13-14-28-26-12-11-24-20-25(35-23(4)10-15-30(33)34)16-18-31(24,5)29(26)17-19-32(27,28)6/h11,21-22,25-29H,4,7-10,12-20H2,1-3,5-6H3,(H,33,34)/t22?,25-,26-,27+,28-,29-,31?,32?/m0/s1. The van der Waals surface area contributed by atoms with Crippen LogP contribution in [-0.4, -0.2) is 17.2 Å². The quantitative estimate of drug-likeness (QED) is 0.249. The fourth-order valence-electron chi connectivity index (χ4n) is 9.29. The second-order valence-corrected chi connectivity index (χ2v) is 13.7. The van der Waals surface area contributed by atoms with Crippen molar-refractivity contribution in [3.63, 3.8) is 0 Å². The summed E-state index contributed by atoms with van der Waals surface area (Å²) < 4.78 is 6.15. The fourth-order valence-corrected chi connectivity index (χ4v) is 9.29. The lowest BCUT2D eigenvalue weighted by molar-refractivity contribution is -0.137. The molecule has 3 unspecified atom stereocenters. The summed E-state index contributed by atoms with van der Waals surface area (Å²) in [5.41, 5.74) is 2.50. The highest BCUT2D eigenvalue weighted by atomic mass is 16.5. The van der Waals surface area contributed by atoms with E-state index in [4.69, 9.17) is 9.84 Å². The Hall–Kier alpha value is -1.25. The summed E-state index contributed by atoms with van der Waals surface area (Å²) in [6.45, 7) is 16.5. The second kappa shape index (κ2) is 10.6. The maximum Gasteiger partial charge on any atom is 0.303 e. The van der Waals surface area contributed by atoms with Crippen molar-refractivity contribution in [2.24, 2.45) is 46.3 Å². The van der Waals surface area contributed by atoms with Crippen molar-refractivity contribution in [1.82, 2.24) is 0 Å². The Morgan fingerprint density at radius 2 is 1.86 bits per heavy atom. The minimum atomic E-state index is -0.782. The number of ether oxygens (including phenoxy) is 1. The lowest BCUT2D eigenvalue weighted by atomic mass is 9.47. The van der Waals surface area contributed by atoms with E-state index in [1.165, 1.54) is 57.8 Å². The van der Waals surface area contributed by atoms with E-state index in [1.54, 1.807) is 5.57 Å². The van der Waals surface area contributed by atoms with Crippen LogP contribution in [0, 0.1) is 46.3 Å². The first-order valence-corrected chi connectivity index (χ1v) is 14.8. The first-order valence-electron chi connectivity index (χ1n) is 14.8. The number of aliphatic carboxylic acids is 1. The third-order valence-electron chi connectivity index (χ3n) is 11.2. The van der Waals surface area contributed by atoms with Gasteiger partial charge in [0.2, 0.25) is 0 Å². The highest BCUT2D eigenvalue weighted by molar-refractivity contribution is 5.66. The SMILES string of the molecule is C=C(CCC(=O)O)O[C@H]1CCC2(C)C(=CC[C@@H]3[C@@H]2CCC2(C)[C@@H](C(C)CCCC(C)C)CC[C@@H]32)C1. The minimum Gasteiger partial charge on any atom is -0.495 e. The van der Waals surface area contributed by atoms with E-state index in [9.17, 15) is 4.79 Å². The summed E-state index contributed by atoms with van der Waals surface area (Å²) in [5.74, 6) is 5.06. The van der Waals surface area contributed by atoms with Gasteiger partial charge in [0.1, 0.15) is 6.10 Å². The molecule has 0 amide bonds. The minimum absolute atomic E-state index is 0.104. The number of carbonyl (C=O) groups is 1. The van der Waals surface area contributed by atoms with Crippen LogP contribution >= 0.6 is 0 Å². The fraction of sp³-hybridized carbons (Fsp3) is 0.844. The number of rotatable bonds is 10. The van der Waals surface area contributed by atoms with E-state index < -0.39 is 5.97 Å². The summed E-state index contributed by atoms with van der Waals surface area (Å²) in [6.07, 6.45) is 17.8. The average molecular weight is 485 g/mol. The molecule has 3 saturated carbocycles. The van der Waals surface area contributed by atoms with Crippen molar-refractivity contribution in [2.45, 2.75) is 124 Å². The first kappa shape index (κ1) is 26.8. The predicted molar refractivity (Wildman–Crippen MR) is 144 cm³/mol. The first-order chi connectivity index (χ1) is 16.5. The summed E-state index contributed by atoms with van der Waals surface area (Å²) >= 11 is 0. The molecule has 3 heteroatoms. The highest BCUT2D eigenvalue weighted by Gasteiger charge is 2.59. The van der Waals surface area contributed by atoms with Gasteiger partial charge in [-0.25, -0.2) is 0 Å². The Labute approximate surface area is 215 Å². The van der Waals surface area contributed by atoms with Crippen molar-refractivity contribution < 1.29 is 14.6 Å². The van der Waals surface area contributed by atoms with Crippen molar-refractivity contribution in [1.29, 1.82) is 0 Å². The molecular weight excluding hydrogens is 432 g/mol. The van der Waals surface area contributed by atoms with Gasteiger partial charge in [-0.15, -0.1) is 0 Å². The second-order valence-electron chi connectivity index (χ2n) is 13.7. The van der Waals surface area contributed by atoms with Gasteiger partial charge in [0.05, 0.1) is 12.2 Å². The lowest BCUT2D eigenvalue weighted by Crippen LogP contribution is -2.51.